The van der Waals surface area contributed by atoms with E-state index in [9.17, 15) is 4.79 Å². The molecule has 0 aromatic heterocycles. The van der Waals surface area contributed by atoms with Crippen molar-refractivity contribution < 1.29 is 4.79 Å². The Balaban J connectivity index is 2.04. The summed E-state index contributed by atoms with van der Waals surface area (Å²) in [6, 6.07) is 0.939. The van der Waals surface area contributed by atoms with Crippen molar-refractivity contribution in [1.29, 1.82) is 0 Å². The van der Waals surface area contributed by atoms with Gasteiger partial charge in [0.1, 0.15) is 0 Å². The molecule has 2 rings (SSSR count). The Kier molecular flexibility index (Phi) is 2.54. The van der Waals surface area contributed by atoms with Gasteiger partial charge in [0.25, 0.3) is 0 Å². The molecule has 1 saturated heterocycles. The van der Waals surface area contributed by atoms with Crippen LogP contribution in [0.25, 0.3) is 0 Å². The maximum Gasteiger partial charge on any atom is 0.237 e. The van der Waals surface area contributed by atoms with E-state index < -0.39 is 0 Å². The van der Waals surface area contributed by atoms with Crippen LogP contribution in [-0.2, 0) is 4.79 Å². The van der Waals surface area contributed by atoms with Gasteiger partial charge in [0.05, 0.1) is 6.54 Å². The van der Waals surface area contributed by atoms with Crippen LogP contribution < -0.4 is 5.32 Å². The zero-order valence-electron chi connectivity index (χ0n) is 8.25. The fourth-order valence-corrected chi connectivity index (χ4v) is 2.57. The summed E-state index contributed by atoms with van der Waals surface area (Å²) < 4.78 is 0. The molecule has 0 unspecified atom stereocenters. The Morgan fingerprint density at radius 3 is 2.69 bits per heavy atom. The van der Waals surface area contributed by atoms with E-state index in [1.54, 1.807) is 0 Å². The maximum absolute atomic E-state index is 11.7. The first-order chi connectivity index (χ1) is 6.29. The van der Waals surface area contributed by atoms with Gasteiger partial charge in [-0.25, -0.2) is 0 Å². The lowest BCUT2D eigenvalue weighted by Gasteiger charge is -2.38. The summed E-state index contributed by atoms with van der Waals surface area (Å²) in [7, 11) is 0. The predicted octanol–water partition coefficient (Wildman–Crippen LogP) is 0.749. The number of nitrogens with zero attached hydrogens (tertiary/aromatic N) is 1. The second-order valence-electron chi connectivity index (χ2n) is 4.22. The summed E-state index contributed by atoms with van der Waals surface area (Å²) in [5.74, 6) is 0.297. The van der Waals surface area contributed by atoms with Gasteiger partial charge in [-0.1, -0.05) is 12.8 Å². The van der Waals surface area contributed by atoms with Gasteiger partial charge in [-0.05, 0) is 19.8 Å². The summed E-state index contributed by atoms with van der Waals surface area (Å²) in [5.41, 5.74) is 0. The molecule has 0 aromatic rings. The number of rotatable bonds is 1. The highest BCUT2D eigenvalue weighted by Gasteiger charge is 2.32. The van der Waals surface area contributed by atoms with Crippen LogP contribution in [0.5, 0.6) is 0 Å². The standard InChI is InChI=1S/C10H18N2O/c1-8-6-11-7-10(13)12(8)9-4-2-3-5-9/h8-9,11H,2-7H2,1H3/t8-/m0/s1. The smallest absolute Gasteiger partial charge is 0.237 e. The van der Waals surface area contributed by atoms with Crippen LogP contribution in [0, 0.1) is 0 Å². The number of hydrogen-bond acceptors (Lipinski definition) is 2. The number of carbonyl (C=O) groups excluding carboxylic acids is 1. The van der Waals surface area contributed by atoms with Crippen LogP contribution in [0.4, 0.5) is 0 Å². The SMILES string of the molecule is C[C@H]1CNCC(=O)N1C1CCCC1. The zero-order valence-corrected chi connectivity index (χ0v) is 8.25. The fourth-order valence-electron chi connectivity index (χ4n) is 2.57. The monoisotopic (exact) mass is 182 g/mol. The minimum absolute atomic E-state index is 0.297. The fraction of sp³-hybridized carbons (Fsp3) is 0.900. The highest BCUT2D eigenvalue weighted by Crippen LogP contribution is 2.25. The van der Waals surface area contributed by atoms with Crippen molar-refractivity contribution in [3.63, 3.8) is 0 Å². The second-order valence-corrected chi connectivity index (χ2v) is 4.22. The van der Waals surface area contributed by atoms with E-state index in [2.05, 4.69) is 17.1 Å². The maximum atomic E-state index is 11.7. The van der Waals surface area contributed by atoms with Crippen LogP contribution in [0.15, 0.2) is 0 Å². The lowest BCUT2D eigenvalue weighted by molar-refractivity contribution is -0.137. The van der Waals surface area contributed by atoms with E-state index in [0.29, 0.717) is 24.5 Å². The van der Waals surface area contributed by atoms with Crippen molar-refractivity contribution in [1.82, 2.24) is 10.2 Å². The number of hydrogen-bond donors (Lipinski definition) is 1. The molecule has 0 spiro atoms. The number of nitrogens with one attached hydrogen (secondary N) is 1. The lowest BCUT2D eigenvalue weighted by Crippen LogP contribution is -2.56. The summed E-state index contributed by atoms with van der Waals surface area (Å²) in [5, 5.41) is 3.15. The molecule has 3 nitrogen and oxygen atoms in total. The predicted molar refractivity (Wildman–Crippen MR) is 51.4 cm³/mol. The largest absolute Gasteiger partial charge is 0.335 e. The molecule has 0 aromatic carbocycles. The molecule has 1 heterocycles. The van der Waals surface area contributed by atoms with Crippen LogP contribution in [0.3, 0.4) is 0 Å². The van der Waals surface area contributed by atoms with Gasteiger partial charge in [0.15, 0.2) is 0 Å². The molecular weight excluding hydrogens is 164 g/mol. The Morgan fingerprint density at radius 1 is 1.38 bits per heavy atom. The van der Waals surface area contributed by atoms with Gasteiger partial charge in [-0.15, -0.1) is 0 Å². The first-order valence-electron chi connectivity index (χ1n) is 5.31. The summed E-state index contributed by atoms with van der Waals surface area (Å²) >= 11 is 0. The van der Waals surface area contributed by atoms with Crippen molar-refractivity contribution in [3.05, 3.63) is 0 Å². The highest BCUT2D eigenvalue weighted by molar-refractivity contribution is 5.79. The van der Waals surface area contributed by atoms with Gasteiger partial charge in [0.2, 0.25) is 5.91 Å². The third-order valence-corrected chi connectivity index (χ3v) is 3.20. The van der Waals surface area contributed by atoms with Gasteiger partial charge in [-0.3, -0.25) is 4.79 Å². The third kappa shape index (κ3) is 1.70. The Bertz CT molecular complexity index is 199. The van der Waals surface area contributed by atoms with E-state index in [1.807, 2.05) is 0 Å². The van der Waals surface area contributed by atoms with Crippen molar-refractivity contribution in [2.24, 2.45) is 0 Å². The molecule has 1 aliphatic carbocycles. The molecule has 1 atom stereocenters. The molecule has 3 heteroatoms. The van der Waals surface area contributed by atoms with Gasteiger partial charge in [0, 0.05) is 18.6 Å². The quantitative estimate of drug-likeness (QED) is 0.649. The van der Waals surface area contributed by atoms with Crippen molar-refractivity contribution in [2.75, 3.05) is 13.1 Å². The average Bonchev–Trinajstić information content (AvgIpc) is 2.57. The molecule has 0 bridgehead atoms. The average molecular weight is 182 g/mol. The van der Waals surface area contributed by atoms with Crippen LogP contribution in [0.1, 0.15) is 32.6 Å². The minimum Gasteiger partial charge on any atom is -0.335 e. The molecule has 2 aliphatic rings. The highest BCUT2D eigenvalue weighted by atomic mass is 16.2. The number of carbonyl (C=O) groups is 1. The molecule has 1 N–H and O–H groups in total. The van der Waals surface area contributed by atoms with E-state index in [1.165, 1.54) is 25.7 Å². The molecular formula is C10H18N2O. The molecule has 2 fully saturated rings. The zero-order chi connectivity index (χ0) is 9.26. The Morgan fingerprint density at radius 2 is 2.08 bits per heavy atom. The first kappa shape index (κ1) is 9.00. The third-order valence-electron chi connectivity index (χ3n) is 3.20. The minimum atomic E-state index is 0.297. The van der Waals surface area contributed by atoms with Gasteiger partial charge < -0.3 is 10.2 Å². The van der Waals surface area contributed by atoms with Crippen LogP contribution >= 0.6 is 0 Å². The topological polar surface area (TPSA) is 32.3 Å². The van der Waals surface area contributed by atoms with Crippen molar-refractivity contribution in [2.45, 2.75) is 44.7 Å². The number of amides is 1. The van der Waals surface area contributed by atoms with Gasteiger partial charge >= 0.3 is 0 Å². The number of piperazine rings is 1. The molecule has 1 aliphatic heterocycles. The van der Waals surface area contributed by atoms with Crippen LogP contribution in [-0.4, -0.2) is 36.0 Å². The van der Waals surface area contributed by atoms with Crippen molar-refractivity contribution >= 4 is 5.91 Å². The molecule has 13 heavy (non-hydrogen) atoms. The lowest BCUT2D eigenvalue weighted by atomic mass is 10.1. The van der Waals surface area contributed by atoms with E-state index in [0.717, 1.165) is 6.54 Å². The first-order valence-corrected chi connectivity index (χ1v) is 5.31. The van der Waals surface area contributed by atoms with Crippen LogP contribution in [0.2, 0.25) is 0 Å². The van der Waals surface area contributed by atoms with E-state index >= 15 is 0 Å². The van der Waals surface area contributed by atoms with Crippen molar-refractivity contribution in [3.8, 4) is 0 Å². The summed E-state index contributed by atoms with van der Waals surface area (Å²) in [6.45, 7) is 3.64. The summed E-state index contributed by atoms with van der Waals surface area (Å²) in [6.07, 6.45) is 5.04. The normalized spacial score (nSPS) is 31.3. The summed E-state index contributed by atoms with van der Waals surface area (Å²) in [4.78, 5) is 13.8. The Labute approximate surface area is 79.5 Å². The molecule has 0 radical (unpaired) electrons. The van der Waals surface area contributed by atoms with E-state index in [-0.39, 0.29) is 0 Å². The molecule has 1 saturated carbocycles. The molecule has 1 amide bonds. The van der Waals surface area contributed by atoms with E-state index in [4.69, 9.17) is 0 Å². The Hall–Kier alpha value is -0.570. The van der Waals surface area contributed by atoms with Gasteiger partial charge in [-0.2, -0.15) is 0 Å². The molecule has 74 valence electrons. The second kappa shape index (κ2) is 3.66.